The van der Waals surface area contributed by atoms with E-state index in [0.29, 0.717) is 19.4 Å². The van der Waals surface area contributed by atoms with E-state index in [0.717, 1.165) is 28.5 Å². The molecule has 0 spiro atoms. The Hall–Kier alpha value is -3.61. The van der Waals surface area contributed by atoms with Gasteiger partial charge in [-0.25, -0.2) is 0 Å². The minimum Gasteiger partial charge on any atom is -0.465 e. The van der Waals surface area contributed by atoms with Crippen LogP contribution in [-0.2, 0) is 32.0 Å². The average molecular weight is 492 g/mol. The van der Waals surface area contributed by atoms with Crippen molar-refractivity contribution < 1.29 is 19.1 Å². The van der Waals surface area contributed by atoms with Crippen LogP contribution >= 0.6 is 0 Å². The average Bonchev–Trinajstić information content (AvgIpc) is 3.25. The van der Waals surface area contributed by atoms with Crippen molar-refractivity contribution in [2.24, 2.45) is 5.41 Å². The molecule has 3 rings (SSSR count). The van der Waals surface area contributed by atoms with Crippen LogP contribution in [0.1, 0.15) is 45.2 Å². The number of ether oxygens (including phenoxy) is 1. The normalized spacial score (nSPS) is 12.2. The smallest absolute Gasteiger partial charge is 0.325 e. The fraction of sp³-hybridized carbons (Fsp3) is 0.414. The van der Waals surface area contributed by atoms with Gasteiger partial charge in [-0.05, 0) is 37.0 Å². The van der Waals surface area contributed by atoms with E-state index in [1.807, 2.05) is 81.6 Å². The molecule has 7 nitrogen and oxygen atoms in total. The number of benzene rings is 2. The van der Waals surface area contributed by atoms with Gasteiger partial charge in [-0.1, -0.05) is 69.3 Å². The molecule has 2 amide bonds. The van der Waals surface area contributed by atoms with Gasteiger partial charge in [0.25, 0.3) is 0 Å². The molecule has 1 unspecified atom stereocenters. The first-order chi connectivity index (χ1) is 17.2. The lowest BCUT2D eigenvalue weighted by atomic mass is 9.94. The van der Waals surface area contributed by atoms with Gasteiger partial charge in [0.1, 0.15) is 12.6 Å². The van der Waals surface area contributed by atoms with Crippen LogP contribution in [0.15, 0.2) is 60.8 Å². The second kappa shape index (κ2) is 12.4. The summed E-state index contributed by atoms with van der Waals surface area (Å²) in [4.78, 5) is 43.9. The number of aromatic nitrogens is 1. The molecule has 1 aromatic heterocycles. The zero-order valence-corrected chi connectivity index (χ0v) is 21.7. The van der Waals surface area contributed by atoms with Crippen molar-refractivity contribution in [1.82, 2.24) is 15.2 Å². The SMILES string of the molecule is CCOC(=O)CN(CCCc1ccccc1)C(=O)C(Cc1c[nH]c2ccccc12)NC(=O)C(C)(C)C. The lowest BCUT2D eigenvalue weighted by Crippen LogP contribution is -2.53. The van der Waals surface area contributed by atoms with Crippen molar-refractivity contribution in [3.8, 4) is 0 Å². The summed E-state index contributed by atoms with van der Waals surface area (Å²) in [6.45, 7) is 7.64. The first-order valence-corrected chi connectivity index (χ1v) is 12.5. The number of rotatable bonds is 11. The number of carbonyl (C=O) groups is 3. The van der Waals surface area contributed by atoms with E-state index in [1.165, 1.54) is 4.90 Å². The summed E-state index contributed by atoms with van der Waals surface area (Å²) in [7, 11) is 0. The Labute approximate surface area is 213 Å². The molecule has 192 valence electrons. The highest BCUT2D eigenvalue weighted by atomic mass is 16.5. The van der Waals surface area contributed by atoms with Crippen LogP contribution in [0.3, 0.4) is 0 Å². The number of aryl methyl sites for hydroxylation is 1. The molecule has 0 aliphatic carbocycles. The molecule has 7 heteroatoms. The highest BCUT2D eigenvalue weighted by Gasteiger charge is 2.32. The second-order valence-corrected chi connectivity index (χ2v) is 9.99. The van der Waals surface area contributed by atoms with E-state index < -0.39 is 17.4 Å². The summed E-state index contributed by atoms with van der Waals surface area (Å²) >= 11 is 0. The van der Waals surface area contributed by atoms with Crippen molar-refractivity contribution >= 4 is 28.7 Å². The van der Waals surface area contributed by atoms with Crippen LogP contribution in [-0.4, -0.2) is 53.4 Å². The molecular formula is C29H37N3O4. The van der Waals surface area contributed by atoms with Crippen LogP contribution < -0.4 is 5.32 Å². The van der Waals surface area contributed by atoms with E-state index in [2.05, 4.69) is 10.3 Å². The van der Waals surface area contributed by atoms with E-state index >= 15 is 0 Å². The van der Waals surface area contributed by atoms with Crippen molar-refractivity contribution in [3.05, 3.63) is 71.9 Å². The molecule has 1 heterocycles. The van der Waals surface area contributed by atoms with Crippen LogP contribution in [0.5, 0.6) is 0 Å². The van der Waals surface area contributed by atoms with E-state index in [-0.39, 0.29) is 25.0 Å². The van der Waals surface area contributed by atoms with Crippen LogP contribution in [0.4, 0.5) is 0 Å². The standard InChI is InChI=1S/C29H37N3O4/c1-5-36-26(33)20-32(17-11-14-21-12-7-6-8-13-21)27(34)25(31-28(35)29(2,3)4)18-22-19-30-24-16-10-9-15-23(22)24/h6-10,12-13,15-16,19,25,30H,5,11,14,17-18,20H2,1-4H3,(H,31,35). The van der Waals surface area contributed by atoms with Crippen LogP contribution in [0, 0.1) is 5.41 Å². The number of aromatic amines is 1. The molecule has 2 aromatic carbocycles. The Morgan fingerprint density at radius 1 is 1.03 bits per heavy atom. The molecule has 0 fully saturated rings. The number of carbonyl (C=O) groups excluding carboxylic acids is 3. The van der Waals surface area contributed by atoms with Gasteiger partial charge in [0.2, 0.25) is 11.8 Å². The monoisotopic (exact) mass is 491 g/mol. The molecule has 0 radical (unpaired) electrons. The van der Waals surface area contributed by atoms with Crippen molar-refractivity contribution in [2.75, 3.05) is 19.7 Å². The molecule has 0 saturated heterocycles. The van der Waals surface area contributed by atoms with Crippen LogP contribution in [0.2, 0.25) is 0 Å². The third kappa shape index (κ3) is 7.44. The fourth-order valence-corrected chi connectivity index (χ4v) is 4.06. The first-order valence-electron chi connectivity index (χ1n) is 12.5. The van der Waals surface area contributed by atoms with E-state index in [1.54, 1.807) is 6.92 Å². The number of nitrogens with one attached hydrogen (secondary N) is 2. The number of H-pyrrole nitrogens is 1. The Kier molecular flexibility index (Phi) is 9.28. The van der Waals surface area contributed by atoms with E-state index in [4.69, 9.17) is 4.74 Å². The number of hydrogen-bond acceptors (Lipinski definition) is 4. The quantitative estimate of drug-likeness (QED) is 0.392. The van der Waals surface area contributed by atoms with Gasteiger partial charge in [0, 0.05) is 35.5 Å². The summed E-state index contributed by atoms with van der Waals surface area (Å²) in [6, 6.07) is 17.1. The first kappa shape index (κ1) is 27.0. The Morgan fingerprint density at radius 2 is 1.72 bits per heavy atom. The molecule has 0 aliphatic rings. The topological polar surface area (TPSA) is 91.5 Å². The third-order valence-corrected chi connectivity index (χ3v) is 6.06. The van der Waals surface area contributed by atoms with Gasteiger partial charge in [-0.2, -0.15) is 0 Å². The Morgan fingerprint density at radius 3 is 2.42 bits per heavy atom. The predicted molar refractivity (Wildman–Crippen MR) is 141 cm³/mol. The van der Waals surface area contributed by atoms with Crippen molar-refractivity contribution in [3.63, 3.8) is 0 Å². The van der Waals surface area contributed by atoms with Gasteiger partial charge in [-0.15, -0.1) is 0 Å². The lowest BCUT2D eigenvalue weighted by molar-refractivity contribution is -0.150. The zero-order valence-electron chi connectivity index (χ0n) is 21.7. The molecule has 2 N–H and O–H groups in total. The Balaban J connectivity index is 1.84. The second-order valence-electron chi connectivity index (χ2n) is 9.99. The fourth-order valence-electron chi connectivity index (χ4n) is 4.06. The van der Waals surface area contributed by atoms with Gasteiger partial charge in [0.05, 0.1) is 6.61 Å². The van der Waals surface area contributed by atoms with Gasteiger partial charge >= 0.3 is 5.97 Å². The maximum Gasteiger partial charge on any atom is 0.325 e. The molecule has 1 atom stereocenters. The van der Waals surface area contributed by atoms with Crippen molar-refractivity contribution in [2.45, 2.75) is 53.0 Å². The molecule has 0 saturated carbocycles. The van der Waals surface area contributed by atoms with E-state index in [9.17, 15) is 14.4 Å². The number of amides is 2. The summed E-state index contributed by atoms with van der Waals surface area (Å²) in [5, 5.41) is 3.96. The van der Waals surface area contributed by atoms with Gasteiger partial charge < -0.3 is 19.9 Å². The maximum absolute atomic E-state index is 13.8. The summed E-state index contributed by atoms with van der Waals surface area (Å²) in [5.41, 5.74) is 2.39. The van der Waals surface area contributed by atoms with Crippen LogP contribution in [0.25, 0.3) is 10.9 Å². The number of hydrogen-bond donors (Lipinski definition) is 2. The third-order valence-electron chi connectivity index (χ3n) is 6.06. The van der Waals surface area contributed by atoms with Crippen molar-refractivity contribution in [1.29, 1.82) is 0 Å². The molecule has 3 aromatic rings. The number of para-hydroxylation sites is 1. The Bertz CT molecular complexity index is 1160. The summed E-state index contributed by atoms with van der Waals surface area (Å²) in [6.07, 6.45) is 3.64. The lowest BCUT2D eigenvalue weighted by Gasteiger charge is -2.29. The highest BCUT2D eigenvalue weighted by molar-refractivity contribution is 5.92. The molecule has 0 aliphatic heterocycles. The summed E-state index contributed by atoms with van der Waals surface area (Å²) in [5.74, 6) is -0.974. The molecular weight excluding hydrogens is 454 g/mol. The maximum atomic E-state index is 13.8. The molecule has 36 heavy (non-hydrogen) atoms. The molecule has 0 bridgehead atoms. The summed E-state index contributed by atoms with van der Waals surface area (Å²) < 4.78 is 5.14. The number of nitrogens with zero attached hydrogens (tertiary/aromatic N) is 1. The minimum absolute atomic E-state index is 0.156. The van der Waals surface area contributed by atoms with Gasteiger partial charge in [-0.3, -0.25) is 14.4 Å². The van der Waals surface area contributed by atoms with Gasteiger partial charge in [0.15, 0.2) is 0 Å². The number of esters is 1. The number of fused-ring (bicyclic) bond motifs is 1. The predicted octanol–water partition coefficient (Wildman–Crippen LogP) is 4.27. The largest absolute Gasteiger partial charge is 0.465 e. The zero-order chi connectivity index (χ0) is 26.1. The highest BCUT2D eigenvalue weighted by Crippen LogP contribution is 2.21. The minimum atomic E-state index is -0.818.